The second-order valence-corrected chi connectivity index (χ2v) is 4.52. The summed E-state index contributed by atoms with van der Waals surface area (Å²) in [5.74, 6) is -0.173. The van der Waals surface area contributed by atoms with Crippen molar-refractivity contribution >= 4 is 11.6 Å². The summed E-state index contributed by atoms with van der Waals surface area (Å²) in [5, 5.41) is 12.1. The summed E-state index contributed by atoms with van der Waals surface area (Å²) in [4.78, 5) is 11.9. The zero-order chi connectivity index (χ0) is 11.8. The van der Waals surface area contributed by atoms with E-state index >= 15 is 0 Å². The number of nitrogens with zero attached hydrogens (tertiary/aromatic N) is 1. The zero-order valence-electron chi connectivity index (χ0n) is 9.36. The molecule has 2 rings (SSSR count). The highest BCUT2D eigenvalue weighted by molar-refractivity contribution is 5.94. The zero-order valence-corrected chi connectivity index (χ0v) is 9.36. The largest absolute Gasteiger partial charge is 0.397 e. The molecule has 1 saturated carbocycles. The van der Waals surface area contributed by atoms with E-state index in [2.05, 4.69) is 5.32 Å². The molecule has 5 nitrogen and oxygen atoms in total. The first kappa shape index (κ1) is 11.0. The number of nitrogens with two attached hydrogens (primary N) is 1. The summed E-state index contributed by atoms with van der Waals surface area (Å²) in [6.45, 7) is -0.00134. The van der Waals surface area contributed by atoms with Crippen LogP contribution in [0.25, 0.3) is 0 Å². The molecule has 1 aromatic rings. The maximum atomic E-state index is 11.9. The molecule has 1 aliphatic rings. The highest BCUT2D eigenvalue weighted by Crippen LogP contribution is 2.31. The van der Waals surface area contributed by atoms with Gasteiger partial charge in [-0.25, -0.2) is 0 Å². The molecule has 0 saturated heterocycles. The van der Waals surface area contributed by atoms with Gasteiger partial charge >= 0.3 is 0 Å². The molecule has 1 amide bonds. The first-order valence-electron chi connectivity index (χ1n) is 5.41. The number of carbonyl (C=O) groups is 1. The van der Waals surface area contributed by atoms with E-state index in [4.69, 9.17) is 5.73 Å². The van der Waals surface area contributed by atoms with Crippen molar-refractivity contribution in [1.29, 1.82) is 0 Å². The molecule has 0 spiro atoms. The predicted octanol–water partition coefficient (Wildman–Crippen LogP) is 0.252. The van der Waals surface area contributed by atoms with Crippen LogP contribution in [0.5, 0.6) is 0 Å². The van der Waals surface area contributed by atoms with E-state index in [0.29, 0.717) is 11.4 Å². The van der Waals surface area contributed by atoms with Crippen LogP contribution in [0.1, 0.15) is 29.8 Å². The van der Waals surface area contributed by atoms with Crippen LogP contribution in [0.3, 0.4) is 0 Å². The van der Waals surface area contributed by atoms with E-state index in [1.807, 2.05) is 0 Å². The van der Waals surface area contributed by atoms with Gasteiger partial charge in [-0.05, 0) is 25.3 Å². The van der Waals surface area contributed by atoms with Crippen LogP contribution >= 0.6 is 0 Å². The molecule has 1 aromatic heterocycles. The Labute approximate surface area is 94.2 Å². The van der Waals surface area contributed by atoms with Gasteiger partial charge in [-0.15, -0.1) is 0 Å². The number of nitrogens with one attached hydrogen (secondary N) is 1. The molecule has 1 aliphatic carbocycles. The standard InChI is InChI=1S/C11H17N3O2/c1-14-6-8(12)5-9(14)10(16)13-11(7-15)3-2-4-11/h5-6,15H,2-4,7,12H2,1H3,(H,13,16). The first-order valence-corrected chi connectivity index (χ1v) is 5.41. The Morgan fingerprint density at radius 1 is 1.69 bits per heavy atom. The van der Waals surface area contributed by atoms with Crippen LogP contribution in [0.15, 0.2) is 12.3 Å². The van der Waals surface area contributed by atoms with E-state index in [0.717, 1.165) is 19.3 Å². The number of anilines is 1. The monoisotopic (exact) mass is 223 g/mol. The van der Waals surface area contributed by atoms with Crippen molar-refractivity contribution in [2.24, 2.45) is 7.05 Å². The van der Waals surface area contributed by atoms with Gasteiger partial charge in [0.05, 0.1) is 17.8 Å². The predicted molar refractivity (Wildman–Crippen MR) is 61.0 cm³/mol. The fourth-order valence-electron chi connectivity index (χ4n) is 2.05. The van der Waals surface area contributed by atoms with Gasteiger partial charge in [-0.1, -0.05) is 0 Å². The minimum absolute atomic E-state index is 0.00134. The van der Waals surface area contributed by atoms with Gasteiger partial charge in [0.25, 0.3) is 5.91 Å². The fraction of sp³-hybridized carbons (Fsp3) is 0.545. The van der Waals surface area contributed by atoms with Crippen LogP contribution in [-0.2, 0) is 7.05 Å². The molecule has 0 bridgehead atoms. The molecule has 4 N–H and O–H groups in total. The fourth-order valence-corrected chi connectivity index (χ4v) is 2.05. The van der Waals surface area contributed by atoms with E-state index in [1.54, 1.807) is 23.9 Å². The van der Waals surface area contributed by atoms with Gasteiger partial charge < -0.3 is 20.7 Å². The summed E-state index contributed by atoms with van der Waals surface area (Å²) < 4.78 is 1.69. The summed E-state index contributed by atoms with van der Waals surface area (Å²) in [6, 6.07) is 1.64. The number of carbonyl (C=O) groups excluding carboxylic acids is 1. The van der Waals surface area contributed by atoms with Gasteiger partial charge in [0.2, 0.25) is 0 Å². The highest BCUT2D eigenvalue weighted by atomic mass is 16.3. The number of amides is 1. The molecular weight excluding hydrogens is 206 g/mol. The lowest BCUT2D eigenvalue weighted by Gasteiger charge is -2.40. The number of nitrogen functional groups attached to an aromatic ring is 1. The number of aliphatic hydroxyl groups is 1. The second-order valence-electron chi connectivity index (χ2n) is 4.52. The molecule has 0 radical (unpaired) electrons. The van der Waals surface area contributed by atoms with Crippen molar-refractivity contribution in [1.82, 2.24) is 9.88 Å². The Kier molecular flexibility index (Phi) is 2.63. The Morgan fingerprint density at radius 3 is 2.75 bits per heavy atom. The van der Waals surface area contributed by atoms with Crippen molar-refractivity contribution in [3.63, 3.8) is 0 Å². The number of rotatable bonds is 3. The lowest BCUT2D eigenvalue weighted by atomic mass is 9.77. The van der Waals surface area contributed by atoms with E-state index in [9.17, 15) is 9.90 Å². The molecule has 0 aromatic carbocycles. The average Bonchev–Trinajstić information content (AvgIpc) is 2.51. The minimum atomic E-state index is -0.407. The third kappa shape index (κ3) is 1.78. The molecule has 16 heavy (non-hydrogen) atoms. The molecule has 1 fully saturated rings. The molecular formula is C11H17N3O2. The highest BCUT2D eigenvalue weighted by Gasteiger charge is 2.38. The number of aromatic nitrogens is 1. The SMILES string of the molecule is Cn1cc(N)cc1C(=O)NC1(CO)CCC1. The van der Waals surface area contributed by atoms with Crippen LogP contribution in [0.2, 0.25) is 0 Å². The summed E-state index contributed by atoms with van der Waals surface area (Å²) >= 11 is 0. The molecule has 88 valence electrons. The molecule has 1 heterocycles. The van der Waals surface area contributed by atoms with Crippen molar-refractivity contribution in [2.45, 2.75) is 24.8 Å². The Morgan fingerprint density at radius 2 is 2.38 bits per heavy atom. The maximum Gasteiger partial charge on any atom is 0.268 e. The van der Waals surface area contributed by atoms with Gasteiger partial charge in [0.1, 0.15) is 5.69 Å². The molecule has 0 aliphatic heterocycles. The van der Waals surface area contributed by atoms with Crippen molar-refractivity contribution in [3.05, 3.63) is 18.0 Å². The topological polar surface area (TPSA) is 80.3 Å². The smallest absolute Gasteiger partial charge is 0.268 e. The van der Waals surface area contributed by atoms with E-state index in [1.165, 1.54) is 0 Å². The van der Waals surface area contributed by atoms with Crippen LogP contribution in [-0.4, -0.2) is 27.7 Å². The number of aliphatic hydroxyl groups excluding tert-OH is 1. The van der Waals surface area contributed by atoms with Crippen LogP contribution < -0.4 is 11.1 Å². The average molecular weight is 223 g/mol. The molecule has 5 heteroatoms. The van der Waals surface area contributed by atoms with Crippen molar-refractivity contribution in [3.8, 4) is 0 Å². The van der Waals surface area contributed by atoms with Crippen molar-refractivity contribution < 1.29 is 9.90 Å². The van der Waals surface area contributed by atoms with Crippen molar-refractivity contribution in [2.75, 3.05) is 12.3 Å². The summed E-state index contributed by atoms with van der Waals surface area (Å²) in [6.07, 6.45) is 4.43. The van der Waals surface area contributed by atoms with Crippen LogP contribution in [0.4, 0.5) is 5.69 Å². The van der Waals surface area contributed by atoms with Crippen LogP contribution in [0, 0.1) is 0 Å². The Balaban J connectivity index is 2.11. The lowest BCUT2D eigenvalue weighted by molar-refractivity contribution is 0.0635. The van der Waals surface area contributed by atoms with E-state index < -0.39 is 5.54 Å². The third-order valence-corrected chi connectivity index (χ3v) is 3.25. The lowest BCUT2D eigenvalue weighted by Crippen LogP contribution is -2.56. The quantitative estimate of drug-likeness (QED) is 0.687. The molecule has 0 unspecified atom stereocenters. The van der Waals surface area contributed by atoms with E-state index in [-0.39, 0.29) is 12.5 Å². The number of hydrogen-bond acceptors (Lipinski definition) is 3. The molecule has 0 atom stereocenters. The Hall–Kier alpha value is -1.49. The van der Waals surface area contributed by atoms with Gasteiger partial charge in [0, 0.05) is 13.2 Å². The Bertz CT molecular complexity index is 402. The normalized spacial score (nSPS) is 17.9. The third-order valence-electron chi connectivity index (χ3n) is 3.25. The number of aryl methyl sites for hydroxylation is 1. The summed E-state index contributed by atoms with van der Waals surface area (Å²) in [5.41, 5.74) is 6.30. The minimum Gasteiger partial charge on any atom is -0.397 e. The van der Waals surface area contributed by atoms with Gasteiger partial charge in [-0.3, -0.25) is 4.79 Å². The first-order chi connectivity index (χ1) is 7.56. The second kappa shape index (κ2) is 3.83. The number of hydrogen-bond donors (Lipinski definition) is 3. The van der Waals surface area contributed by atoms with Gasteiger partial charge in [0.15, 0.2) is 0 Å². The summed E-state index contributed by atoms with van der Waals surface area (Å²) in [7, 11) is 1.78. The maximum absolute atomic E-state index is 11.9. The van der Waals surface area contributed by atoms with Gasteiger partial charge in [-0.2, -0.15) is 0 Å².